The number of carbonyl (C=O) groups excluding carboxylic acids is 1. The number of carbonyl (C=O) groups is 1. The Hall–Kier alpha value is -3.04. The number of nitrogens with zero attached hydrogens (tertiary/aromatic N) is 2. The smallest absolute Gasteiger partial charge is 0.230 e. The summed E-state index contributed by atoms with van der Waals surface area (Å²) in [6, 6.07) is 19.3. The standard InChI is InChI=1S/C21H19N3O2S/c1-2-26-18-9-8-16-10-17(12-22)21(24-19(16)11-18)27-14-20(25)23-13-15-6-4-3-5-7-15/h3-11H,2,13-14H2,1H3,(H,23,25). The Kier molecular flexibility index (Phi) is 6.29. The number of ether oxygens (including phenoxy) is 1. The SMILES string of the molecule is CCOc1ccc2cc(C#N)c(SCC(=O)NCc3ccccc3)nc2c1. The number of nitrogens with one attached hydrogen (secondary N) is 1. The van der Waals surface area contributed by atoms with Gasteiger partial charge in [0, 0.05) is 18.0 Å². The van der Waals surface area contributed by atoms with Crippen molar-refractivity contribution in [2.45, 2.75) is 18.5 Å². The van der Waals surface area contributed by atoms with E-state index in [0.717, 1.165) is 22.2 Å². The second kappa shape index (κ2) is 9.06. The number of hydrogen-bond acceptors (Lipinski definition) is 5. The van der Waals surface area contributed by atoms with E-state index in [1.807, 2.05) is 55.5 Å². The van der Waals surface area contributed by atoms with E-state index in [2.05, 4.69) is 16.4 Å². The Morgan fingerprint density at radius 3 is 2.78 bits per heavy atom. The second-order valence-corrected chi connectivity index (χ2v) is 6.76. The summed E-state index contributed by atoms with van der Waals surface area (Å²) in [6.07, 6.45) is 0. The first-order valence-electron chi connectivity index (χ1n) is 8.60. The maximum atomic E-state index is 12.1. The zero-order valence-corrected chi connectivity index (χ0v) is 15.8. The molecule has 3 rings (SSSR count). The molecule has 0 aliphatic rings. The predicted octanol–water partition coefficient (Wildman–Crippen LogP) is 3.91. The first-order valence-corrected chi connectivity index (χ1v) is 9.59. The Morgan fingerprint density at radius 1 is 1.22 bits per heavy atom. The fraction of sp³-hybridized carbons (Fsp3) is 0.190. The van der Waals surface area contributed by atoms with Crippen molar-refractivity contribution in [3.05, 3.63) is 65.7 Å². The first-order chi connectivity index (χ1) is 13.2. The molecule has 0 aliphatic carbocycles. The minimum Gasteiger partial charge on any atom is -0.494 e. The summed E-state index contributed by atoms with van der Waals surface area (Å²) in [6.45, 7) is 2.98. The largest absolute Gasteiger partial charge is 0.494 e. The van der Waals surface area contributed by atoms with Crippen LogP contribution in [0.1, 0.15) is 18.1 Å². The molecule has 2 aromatic carbocycles. The molecule has 0 aliphatic heterocycles. The van der Waals surface area contributed by atoms with Crippen molar-refractivity contribution in [1.29, 1.82) is 5.26 Å². The summed E-state index contributed by atoms with van der Waals surface area (Å²) in [5, 5.41) is 13.7. The van der Waals surface area contributed by atoms with E-state index in [0.29, 0.717) is 23.7 Å². The maximum Gasteiger partial charge on any atom is 0.230 e. The summed E-state index contributed by atoms with van der Waals surface area (Å²) in [5.41, 5.74) is 2.25. The number of benzene rings is 2. The fourth-order valence-electron chi connectivity index (χ4n) is 2.56. The van der Waals surface area contributed by atoms with Crippen LogP contribution in [-0.4, -0.2) is 23.3 Å². The monoisotopic (exact) mass is 377 g/mol. The molecule has 0 unspecified atom stereocenters. The molecule has 0 atom stereocenters. The number of pyridine rings is 1. The molecule has 1 N–H and O–H groups in total. The van der Waals surface area contributed by atoms with Crippen molar-refractivity contribution in [3.8, 4) is 11.8 Å². The Balaban J connectivity index is 1.69. The van der Waals surface area contributed by atoms with Crippen molar-refractivity contribution in [2.75, 3.05) is 12.4 Å². The van der Waals surface area contributed by atoms with Crippen LogP contribution in [0.5, 0.6) is 5.75 Å². The van der Waals surface area contributed by atoms with Gasteiger partial charge in [-0.25, -0.2) is 4.98 Å². The van der Waals surface area contributed by atoms with Crippen LogP contribution in [0, 0.1) is 11.3 Å². The van der Waals surface area contributed by atoms with E-state index in [9.17, 15) is 10.1 Å². The van der Waals surface area contributed by atoms with Gasteiger partial charge in [-0.15, -0.1) is 0 Å². The van der Waals surface area contributed by atoms with Crippen molar-refractivity contribution in [3.63, 3.8) is 0 Å². The van der Waals surface area contributed by atoms with Gasteiger partial charge in [-0.2, -0.15) is 5.26 Å². The van der Waals surface area contributed by atoms with Gasteiger partial charge in [-0.1, -0.05) is 42.1 Å². The fourth-order valence-corrected chi connectivity index (χ4v) is 3.35. The van der Waals surface area contributed by atoms with Crippen LogP contribution in [0.25, 0.3) is 10.9 Å². The normalized spacial score (nSPS) is 10.4. The molecule has 0 spiro atoms. The predicted molar refractivity (Wildman–Crippen MR) is 107 cm³/mol. The van der Waals surface area contributed by atoms with Gasteiger partial charge >= 0.3 is 0 Å². The summed E-state index contributed by atoms with van der Waals surface area (Å²) in [7, 11) is 0. The van der Waals surface area contributed by atoms with Gasteiger partial charge in [0.2, 0.25) is 5.91 Å². The third-order valence-corrected chi connectivity index (χ3v) is 4.85. The average Bonchev–Trinajstić information content (AvgIpc) is 2.71. The lowest BCUT2D eigenvalue weighted by molar-refractivity contribution is -0.118. The van der Waals surface area contributed by atoms with Gasteiger partial charge in [0.05, 0.1) is 23.4 Å². The molecule has 0 saturated heterocycles. The molecule has 6 heteroatoms. The van der Waals surface area contributed by atoms with Crippen LogP contribution in [0.3, 0.4) is 0 Å². The van der Waals surface area contributed by atoms with Crippen LogP contribution >= 0.6 is 11.8 Å². The van der Waals surface area contributed by atoms with E-state index < -0.39 is 0 Å². The lowest BCUT2D eigenvalue weighted by Gasteiger charge is -2.08. The van der Waals surface area contributed by atoms with E-state index in [4.69, 9.17) is 4.74 Å². The summed E-state index contributed by atoms with van der Waals surface area (Å²) < 4.78 is 5.51. The van der Waals surface area contributed by atoms with Crippen molar-refractivity contribution < 1.29 is 9.53 Å². The van der Waals surface area contributed by atoms with E-state index >= 15 is 0 Å². The highest BCUT2D eigenvalue weighted by atomic mass is 32.2. The summed E-state index contributed by atoms with van der Waals surface area (Å²) in [5.74, 6) is 0.835. The molecule has 136 valence electrons. The van der Waals surface area contributed by atoms with Crippen LogP contribution in [-0.2, 0) is 11.3 Å². The number of hydrogen-bond donors (Lipinski definition) is 1. The topological polar surface area (TPSA) is 75.0 Å². The van der Waals surface area contributed by atoms with Gasteiger partial charge in [-0.05, 0) is 30.7 Å². The zero-order chi connectivity index (χ0) is 19.1. The van der Waals surface area contributed by atoms with Crippen molar-refractivity contribution >= 4 is 28.6 Å². The van der Waals surface area contributed by atoms with Gasteiger partial charge in [0.25, 0.3) is 0 Å². The number of amides is 1. The molecule has 0 fully saturated rings. The Morgan fingerprint density at radius 2 is 2.04 bits per heavy atom. The highest BCUT2D eigenvalue weighted by Crippen LogP contribution is 2.27. The molecule has 3 aromatic rings. The highest BCUT2D eigenvalue weighted by molar-refractivity contribution is 8.00. The number of aromatic nitrogens is 1. The third kappa shape index (κ3) is 4.99. The van der Waals surface area contributed by atoms with Crippen molar-refractivity contribution in [2.24, 2.45) is 0 Å². The van der Waals surface area contributed by atoms with Gasteiger partial charge in [-0.3, -0.25) is 4.79 Å². The minimum atomic E-state index is -0.0993. The van der Waals surface area contributed by atoms with Crippen LogP contribution in [0.2, 0.25) is 0 Å². The number of nitriles is 1. The molecule has 1 amide bonds. The maximum absolute atomic E-state index is 12.1. The molecule has 5 nitrogen and oxygen atoms in total. The molecule has 0 saturated carbocycles. The molecule has 0 radical (unpaired) electrons. The quantitative estimate of drug-likeness (QED) is 0.632. The van der Waals surface area contributed by atoms with Crippen molar-refractivity contribution in [1.82, 2.24) is 10.3 Å². The Bertz CT molecular complexity index is 984. The lowest BCUT2D eigenvalue weighted by Crippen LogP contribution is -2.24. The number of fused-ring (bicyclic) bond motifs is 1. The second-order valence-electron chi connectivity index (χ2n) is 5.79. The summed E-state index contributed by atoms with van der Waals surface area (Å²) >= 11 is 1.26. The third-order valence-electron chi connectivity index (χ3n) is 3.86. The van der Waals surface area contributed by atoms with Crippen LogP contribution in [0.4, 0.5) is 0 Å². The lowest BCUT2D eigenvalue weighted by atomic mass is 10.1. The van der Waals surface area contributed by atoms with Gasteiger partial charge in [0.1, 0.15) is 16.8 Å². The van der Waals surface area contributed by atoms with Gasteiger partial charge < -0.3 is 10.1 Å². The van der Waals surface area contributed by atoms with Crippen LogP contribution < -0.4 is 10.1 Å². The average molecular weight is 377 g/mol. The minimum absolute atomic E-state index is 0.0993. The highest BCUT2D eigenvalue weighted by Gasteiger charge is 2.11. The van der Waals surface area contributed by atoms with E-state index in [1.165, 1.54) is 11.8 Å². The zero-order valence-electron chi connectivity index (χ0n) is 14.9. The molecular formula is C21H19N3O2S. The molecular weight excluding hydrogens is 358 g/mol. The number of rotatable bonds is 7. The molecule has 1 heterocycles. The van der Waals surface area contributed by atoms with Gasteiger partial charge in [0.15, 0.2) is 0 Å². The summed E-state index contributed by atoms with van der Waals surface area (Å²) in [4.78, 5) is 16.7. The molecule has 27 heavy (non-hydrogen) atoms. The van der Waals surface area contributed by atoms with E-state index in [1.54, 1.807) is 6.07 Å². The number of thioether (sulfide) groups is 1. The van der Waals surface area contributed by atoms with E-state index in [-0.39, 0.29) is 11.7 Å². The molecule has 1 aromatic heterocycles. The molecule has 0 bridgehead atoms. The Labute approximate surface area is 162 Å². The first kappa shape index (κ1) is 18.7. The van der Waals surface area contributed by atoms with Crippen LogP contribution in [0.15, 0.2) is 59.6 Å².